The van der Waals surface area contributed by atoms with Gasteiger partial charge in [0.2, 0.25) is 0 Å². The summed E-state index contributed by atoms with van der Waals surface area (Å²) in [4.78, 5) is 24.9. The number of anilines is 2. The minimum Gasteiger partial charge on any atom is -0.295 e. The van der Waals surface area contributed by atoms with Crippen LogP contribution >= 0.6 is 0 Å². The van der Waals surface area contributed by atoms with Crippen LogP contribution in [0.1, 0.15) is 18.7 Å². The second-order valence-electron chi connectivity index (χ2n) is 6.59. The highest BCUT2D eigenvalue weighted by Crippen LogP contribution is 2.39. The minimum absolute atomic E-state index is 0.0111. The molecule has 7 heteroatoms. The highest BCUT2D eigenvalue weighted by Gasteiger charge is 2.39. The van der Waals surface area contributed by atoms with Crippen molar-refractivity contribution in [1.29, 1.82) is 0 Å². The van der Waals surface area contributed by atoms with Gasteiger partial charge in [-0.3, -0.25) is 19.8 Å². The van der Waals surface area contributed by atoms with Crippen LogP contribution in [0.3, 0.4) is 0 Å². The Morgan fingerprint density at radius 2 is 1.45 bits per heavy atom. The Morgan fingerprint density at radius 1 is 0.897 bits per heavy atom. The maximum atomic E-state index is 12.4. The molecule has 0 aromatic heterocycles. The number of ketones is 1. The predicted molar refractivity (Wildman–Crippen MR) is 112 cm³/mol. The third-order valence-corrected chi connectivity index (χ3v) is 4.68. The SMILES string of the molecule is CC(=O)C1=NN(c2ccccc2)[C@@H](c2ccc([N+](=O)[O-])cc2)N1c1ccccc1. The number of carbonyl (C=O) groups is 1. The van der Waals surface area contributed by atoms with Crippen molar-refractivity contribution in [3.8, 4) is 0 Å². The fourth-order valence-electron chi connectivity index (χ4n) is 3.36. The van der Waals surface area contributed by atoms with Crippen LogP contribution in [0.5, 0.6) is 0 Å². The zero-order chi connectivity index (χ0) is 20.4. The molecule has 4 rings (SSSR count). The number of rotatable bonds is 5. The molecule has 3 aromatic rings. The van der Waals surface area contributed by atoms with E-state index in [1.165, 1.54) is 19.1 Å². The quantitative estimate of drug-likeness (QED) is 0.476. The molecule has 0 aliphatic carbocycles. The number of Topliss-reactive ketones (excluding diaryl/α,β-unsaturated/α-hetero) is 1. The van der Waals surface area contributed by atoms with E-state index >= 15 is 0 Å². The molecule has 29 heavy (non-hydrogen) atoms. The van der Waals surface area contributed by atoms with Crippen LogP contribution in [-0.2, 0) is 4.79 Å². The van der Waals surface area contributed by atoms with Gasteiger partial charge in [0.25, 0.3) is 5.69 Å². The molecule has 0 amide bonds. The van der Waals surface area contributed by atoms with Gasteiger partial charge in [0, 0.05) is 24.7 Å². The summed E-state index contributed by atoms with van der Waals surface area (Å²) >= 11 is 0. The molecule has 0 radical (unpaired) electrons. The third-order valence-electron chi connectivity index (χ3n) is 4.68. The molecule has 0 N–H and O–H groups in total. The number of carbonyl (C=O) groups excluding carboxylic acids is 1. The summed E-state index contributed by atoms with van der Waals surface area (Å²) in [6.07, 6.45) is -0.459. The molecule has 0 unspecified atom stereocenters. The van der Waals surface area contributed by atoms with E-state index in [1.807, 2.05) is 65.6 Å². The lowest BCUT2D eigenvalue weighted by molar-refractivity contribution is -0.384. The standard InChI is InChI=1S/C22H18N4O3/c1-16(27)21-23-25(19-10-6-3-7-11-19)22(24(21)18-8-4-2-5-9-18)17-12-14-20(15-13-17)26(28)29/h2-15,22H,1H3/t22-/m0/s1. The number of nitro benzene ring substituents is 1. The highest BCUT2D eigenvalue weighted by atomic mass is 16.6. The van der Waals surface area contributed by atoms with E-state index in [1.54, 1.807) is 17.1 Å². The molecule has 3 aromatic carbocycles. The lowest BCUT2D eigenvalue weighted by Crippen LogP contribution is -2.37. The monoisotopic (exact) mass is 386 g/mol. The van der Waals surface area contributed by atoms with Gasteiger partial charge in [-0.15, -0.1) is 5.10 Å². The number of nitro groups is 1. The molecular weight excluding hydrogens is 368 g/mol. The third kappa shape index (κ3) is 3.45. The molecular formula is C22H18N4O3. The Morgan fingerprint density at radius 3 is 1.97 bits per heavy atom. The fourth-order valence-corrected chi connectivity index (χ4v) is 3.36. The average molecular weight is 386 g/mol. The number of para-hydroxylation sites is 2. The summed E-state index contributed by atoms with van der Waals surface area (Å²) < 4.78 is 0. The number of amidine groups is 1. The largest absolute Gasteiger partial charge is 0.295 e. The van der Waals surface area contributed by atoms with Gasteiger partial charge in [0.15, 0.2) is 17.8 Å². The number of hydrogen-bond donors (Lipinski definition) is 0. The maximum Gasteiger partial charge on any atom is 0.269 e. The molecule has 1 heterocycles. The summed E-state index contributed by atoms with van der Waals surface area (Å²) in [7, 11) is 0. The van der Waals surface area contributed by atoms with E-state index in [-0.39, 0.29) is 11.5 Å². The van der Waals surface area contributed by atoms with Crippen molar-refractivity contribution in [2.75, 3.05) is 9.91 Å². The summed E-state index contributed by atoms with van der Waals surface area (Å²) in [6, 6.07) is 25.4. The number of benzene rings is 3. The van der Waals surface area contributed by atoms with Crippen molar-refractivity contribution in [3.63, 3.8) is 0 Å². The summed E-state index contributed by atoms with van der Waals surface area (Å²) in [5, 5.41) is 17.5. The van der Waals surface area contributed by atoms with Crippen molar-refractivity contribution in [2.24, 2.45) is 5.10 Å². The van der Waals surface area contributed by atoms with Crippen molar-refractivity contribution in [1.82, 2.24) is 0 Å². The van der Waals surface area contributed by atoms with Crippen LogP contribution < -0.4 is 9.91 Å². The molecule has 1 aliphatic rings. The van der Waals surface area contributed by atoms with Crippen LogP contribution in [0.4, 0.5) is 17.1 Å². The van der Waals surface area contributed by atoms with E-state index in [2.05, 4.69) is 5.10 Å². The van der Waals surface area contributed by atoms with Crippen LogP contribution in [0.2, 0.25) is 0 Å². The van der Waals surface area contributed by atoms with Crippen molar-refractivity contribution >= 4 is 28.7 Å². The zero-order valence-electron chi connectivity index (χ0n) is 15.7. The summed E-state index contributed by atoms with van der Waals surface area (Å²) in [5.41, 5.74) is 2.41. The van der Waals surface area contributed by atoms with Crippen LogP contribution in [-0.4, -0.2) is 16.5 Å². The summed E-state index contributed by atoms with van der Waals surface area (Å²) in [5.74, 6) is 0.141. The molecule has 0 spiro atoms. The second-order valence-corrected chi connectivity index (χ2v) is 6.59. The lowest BCUT2D eigenvalue weighted by atomic mass is 10.1. The smallest absolute Gasteiger partial charge is 0.269 e. The lowest BCUT2D eigenvalue weighted by Gasteiger charge is -2.32. The van der Waals surface area contributed by atoms with Gasteiger partial charge in [0.05, 0.1) is 10.6 Å². The van der Waals surface area contributed by atoms with Crippen LogP contribution in [0, 0.1) is 10.1 Å². The highest BCUT2D eigenvalue weighted by molar-refractivity contribution is 6.44. The van der Waals surface area contributed by atoms with Gasteiger partial charge in [-0.1, -0.05) is 36.4 Å². The molecule has 0 saturated carbocycles. The Hall–Kier alpha value is -4.00. The van der Waals surface area contributed by atoms with Crippen molar-refractivity contribution < 1.29 is 9.72 Å². The molecule has 0 bridgehead atoms. The normalized spacial score (nSPS) is 15.9. The van der Waals surface area contributed by atoms with Crippen LogP contribution in [0.25, 0.3) is 0 Å². The Labute approximate surface area is 167 Å². The second kappa shape index (κ2) is 7.55. The topological polar surface area (TPSA) is 79.0 Å². The van der Waals surface area contributed by atoms with E-state index in [0.29, 0.717) is 5.84 Å². The number of non-ortho nitro benzene ring substituents is 1. The molecule has 1 aliphatic heterocycles. The fraction of sp³-hybridized carbons (Fsp3) is 0.0909. The number of nitrogens with zero attached hydrogens (tertiary/aromatic N) is 4. The van der Waals surface area contributed by atoms with E-state index < -0.39 is 11.1 Å². The first-order valence-corrected chi connectivity index (χ1v) is 9.09. The Balaban J connectivity index is 1.87. The maximum absolute atomic E-state index is 12.4. The molecule has 0 saturated heterocycles. The van der Waals surface area contributed by atoms with Gasteiger partial charge in [-0.05, 0) is 42.0 Å². The Bertz CT molecular complexity index is 1070. The van der Waals surface area contributed by atoms with Crippen molar-refractivity contribution in [3.05, 3.63) is 101 Å². The first-order chi connectivity index (χ1) is 14.1. The molecule has 0 fully saturated rings. The minimum atomic E-state index is -0.459. The first kappa shape index (κ1) is 18.4. The van der Waals surface area contributed by atoms with E-state index in [4.69, 9.17) is 0 Å². The van der Waals surface area contributed by atoms with Gasteiger partial charge in [-0.2, -0.15) is 0 Å². The summed E-state index contributed by atoms with van der Waals surface area (Å²) in [6.45, 7) is 1.48. The van der Waals surface area contributed by atoms with Gasteiger partial charge in [0.1, 0.15) is 0 Å². The van der Waals surface area contributed by atoms with Gasteiger partial charge >= 0.3 is 0 Å². The number of hydrazone groups is 1. The average Bonchev–Trinajstić information content (AvgIpc) is 3.16. The van der Waals surface area contributed by atoms with Crippen molar-refractivity contribution in [2.45, 2.75) is 13.1 Å². The van der Waals surface area contributed by atoms with E-state index in [9.17, 15) is 14.9 Å². The van der Waals surface area contributed by atoms with Gasteiger partial charge in [-0.25, -0.2) is 5.01 Å². The van der Waals surface area contributed by atoms with E-state index in [0.717, 1.165) is 16.9 Å². The first-order valence-electron chi connectivity index (χ1n) is 9.09. The zero-order valence-corrected chi connectivity index (χ0v) is 15.7. The predicted octanol–water partition coefficient (Wildman–Crippen LogP) is 4.52. The number of hydrogen-bond acceptors (Lipinski definition) is 6. The molecule has 144 valence electrons. The van der Waals surface area contributed by atoms with Crippen LogP contribution in [0.15, 0.2) is 90.0 Å². The molecule has 7 nitrogen and oxygen atoms in total. The molecule has 1 atom stereocenters. The Kier molecular flexibility index (Phi) is 4.78. The van der Waals surface area contributed by atoms with Gasteiger partial charge < -0.3 is 0 Å².